The van der Waals surface area contributed by atoms with Gasteiger partial charge in [-0.15, -0.1) is 0 Å². The fourth-order valence-corrected chi connectivity index (χ4v) is 2.19. The molecule has 3 rings (SSSR count). The minimum atomic E-state index is -0.555. The first-order valence-electron chi connectivity index (χ1n) is 8.24. The van der Waals surface area contributed by atoms with Crippen LogP contribution in [0.5, 0.6) is 11.6 Å². The Hall–Kier alpha value is -3.49. The highest BCUT2D eigenvalue weighted by Crippen LogP contribution is 2.24. The monoisotopic (exact) mass is 368 g/mol. The molecule has 0 aliphatic heterocycles. The molecule has 27 heavy (non-hydrogen) atoms. The minimum absolute atomic E-state index is 0.371. The van der Waals surface area contributed by atoms with Crippen molar-refractivity contribution in [2.24, 2.45) is 7.05 Å². The number of aromatic nitrogens is 5. The van der Waals surface area contributed by atoms with Crippen molar-refractivity contribution in [3.63, 3.8) is 0 Å². The lowest BCUT2D eigenvalue weighted by Crippen LogP contribution is -2.27. The minimum Gasteiger partial charge on any atom is -0.444 e. The Labute approximate surface area is 156 Å². The van der Waals surface area contributed by atoms with Crippen LogP contribution in [0.15, 0.2) is 43.0 Å². The van der Waals surface area contributed by atoms with Crippen LogP contribution in [0.25, 0.3) is 11.5 Å². The smallest absolute Gasteiger partial charge is 0.412 e. The number of nitrogens with zero attached hydrogens (tertiary/aromatic N) is 5. The first-order valence-corrected chi connectivity index (χ1v) is 8.24. The molecule has 1 amide bonds. The van der Waals surface area contributed by atoms with Crippen LogP contribution in [-0.2, 0) is 11.8 Å². The molecule has 0 saturated heterocycles. The lowest BCUT2D eigenvalue weighted by Gasteiger charge is -2.19. The molecular weight excluding hydrogens is 348 g/mol. The van der Waals surface area contributed by atoms with Crippen LogP contribution in [0.2, 0.25) is 0 Å². The summed E-state index contributed by atoms with van der Waals surface area (Å²) in [6.45, 7) is 5.42. The van der Waals surface area contributed by atoms with Gasteiger partial charge in [0.2, 0.25) is 5.88 Å². The summed E-state index contributed by atoms with van der Waals surface area (Å²) in [5.41, 5.74) is 0.642. The van der Waals surface area contributed by atoms with Gasteiger partial charge in [-0.25, -0.2) is 24.4 Å². The Morgan fingerprint density at radius 2 is 1.81 bits per heavy atom. The van der Waals surface area contributed by atoms with Gasteiger partial charge in [0.25, 0.3) is 0 Å². The number of ether oxygens (including phenoxy) is 2. The Morgan fingerprint density at radius 3 is 2.44 bits per heavy atom. The first kappa shape index (κ1) is 18.3. The number of hydrogen-bond donors (Lipinski definition) is 1. The second kappa shape index (κ2) is 7.40. The number of benzene rings is 1. The van der Waals surface area contributed by atoms with E-state index in [0.29, 0.717) is 28.8 Å². The maximum atomic E-state index is 11.8. The quantitative estimate of drug-likeness (QED) is 0.752. The van der Waals surface area contributed by atoms with E-state index in [4.69, 9.17) is 9.47 Å². The lowest BCUT2D eigenvalue weighted by atomic mass is 10.2. The van der Waals surface area contributed by atoms with Crippen molar-refractivity contribution in [1.82, 2.24) is 24.7 Å². The third-order valence-corrected chi connectivity index (χ3v) is 3.30. The van der Waals surface area contributed by atoms with Gasteiger partial charge in [-0.3, -0.25) is 5.32 Å². The van der Waals surface area contributed by atoms with E-state index in [1.54, 1.807) is 62.8 Å². The highest BCUT2D eigenvalue weighted by Gasteiger charge is 2.16. The van der Waals surface area contributed by atoms with E-state index < -0.39 is 11.7 Å². The van der Waals surface area contributed by atoms with Crippen molar-refractivity contribution in [3.05, 3.63) is 43.0 Å². The predicted octanol–water partition coefficient (Wildman–Crippen LogP) is 3.41. The zero-order valence-corrected chi connectivity index (χ0v) is 15.5. The van der Waals surface area contributed by atoms with Gasteiger partial charge in [-0.05, 0) is 45.0 Å². The third kappa shape index (κ3) is 5.00. The van der Waals surface area contributed by atoms with Gasteiger partial charge < -0.3 is 9.47 Å². The highest BCUT2D eigenvalue weighted by molar-refractivity contribution is 5.84. The summed E-state index contributed by atoms with van der Waals surface area (Å²) in [5.74, 6) is 1.54. The number of amides is 1. The SMILES string of the molecule is Cn1ncnc1-c1cc(Oc2ccc(NC(=O)OC(C)(C)C)cc2)ncn1. The van der Waals surface area contributed by atoms with Crippen LogP contribution in [0, 0.1) is 0 Å². The zero-order valence-electron chi connectivity index (χ0n) is 15.5. The molecule has 0 unspecified atom stereocenters. The molecule has 0 fully saturated rings. The molecule has 0 saturated carbocycles. The van der Waals surface area contributed by atoms with Crippen LogP contribution in [0.1, 0.15) is 20.8 Å². The second-order valence-corrected chi connectivity index (χ2v) is 6.70. The van der Waals surface area contributed by atoms with Gasteiger partial charge in [-0.2, -0.15) is 5.10 Å². The summed E-state index contributed by atoms with van der Waals surface area (Å²) in [6, 6.07) is 8.54. The van der Waals surface area contributed by atoms with E-state index in [1.807, 2.05) is 0 Å². The molecule has 0 aliphatic carbocycles. The zero-order chi connectivity index (χ0) is 19.4. The summed E-state index contributed by atoms with van der Waals surface area (Å²) in [6.07, 6.45) is 2.34. The predicted molar refractivity (Wildman–Crippen MR) is 98.4 cm³/mol. The lowest BCUT2D eigenvalue weighted by molar-refractivity contribution is 0.0636. The number of anilines is 1. The summed E-state index contributed by atoms with van der Waals surface area (Å²) in [4.78, 5) is 24.2. The normalized spacial score (nSPS) is 11.1. The molecule has 0 aliphatic rings. The summed E-state index contributed by atoms with van der Waals surface area (Å²) >= 11 is 0. The van der Waals surface area contributed by atoms with Crippen LogP contribution in [0.4, 0.5) is 10.5 Å². The summed E-state index contributed by atoms with van der Waals surface area (Å²) in [7, 11) is 1.78. The fourth-order valence-electron chi connectivity index (χ4n) is 2.19. The second-order valence-electron chi connectivity index (χ2n) is 6.70. The molecule has 0 spiro atoms. The Bertz CT molecular complexity index is 931. The highest BCUT2D eigenvalue weighted by atomic mass is 16.6. The largest absolute Gasteiger partial charge is 0.444 e. The van der Waals surface area contributed by atoms with Crippen molar-refractivity contribution in [1.29, 1.82) is 0 Å². The van der Waals surface area contributed by atoms with E-state index >= 15 is 0 Å². The van der Waals surface area contributed by atoms with E-state index in [9.17, 15) is 4.79 Å². The van der Waals surface area contributed by atoms with E-state index in [2.05, 4.69) is 25.4 Å². The van der Waals surface area contributed by atoms with Crippen molar-refractivity contribution in [2.45, 2.75) is 26.4 Å². The average molecular weight is 368 g/mol. The first-order chi connectivity index (χ1) is 12.8. The van der Waals surface area contributed by atoms with Gasteiger partial charge >= 0.3 is 6.09 Å². The van der Waals surface area contributed by atoms with Crippen molar-refractivity contribution < 1.29 is 14.3 Å². The van der Waals surface area contributed by atoms with Gasteiger partial charge in [-0.1, -0.05) is 0 Å². The van der Waals surface area contributed by atoms with Gasteiger partial charge in [0, 0.05) is 18.8 Å². The molecule has 2 aromatic heterocycles. The van der Waals surface area contributed by atoms with Crippen LogP contribution >= 0.6 is 0 Å². The van der Waals surface area contributed by atoms with E-state index in [0.717, 1.165) is 0 Å². The third-order valence-electron chi connectivity index (χ3n) is 3.30. The molecule has 1 aromatic carbocycles. The summed E-state index contributed by atoms with van der Waals surface area (Å²) in [5, 5.41) is 6.68. The van der Waals surface area contributed by atoms with Crippen LogP contribution < -0.4 is 10.1 Å². The molecule has 140 valence electrons. The van der Waals surface area contributed by atoms with Crippen LogP contribution in [-0.4, -0.2) is 36.4 Å². The topological polar surface area (TPSA) is 104 Å². The molecule has 2 heterocycles. The fraction of sp³-hybridized carbons (Fsp3) is 0.278. The molecule has 3 aromatic rings. The maximum Gasteiger partial charge on any atom is 0.412 e. The van der Waals surface area contributed by atoms with E-state index in [1.165, 1.54) is 12.7 Å². The maximum absolute atomic E-state index is 11.8. The molecule has 9 heteroatoms. The number of aryl methyl sites for hydroxylation is 1. The Kier molecular flexibility index (Phi) is 5.02. The number of rotatable bonds is 4. The number of hydrogen-bond acceptors (Lipinski definition) is 7. The standard InChI is InChI=1S/C18H20N6O3/c1-18(2,3)27-17(25)23-12-5-7-13(8-6-12)26-15-9-14(19-10-20-15)16-21-11-22-24(16)4/h5-11H,1-4H3,(H,23,25). The molecule has 0 atom stereocenters. The number of carbonyl (C=O) groups is 1. The van der Waals surface area contributed by atoms with Crippen LogP contribution in [0.3, 0.4) is 0 Å². The van der Waals surface area contributed by atoms with Crippen molar-refractivity contribution in [3.8, 4) is 23.1 Å². The van der Waals surface area contributed by atoms with Gasteiger partial charge in [0.15, 0.2) is 5.82 Å². The van der Waals surface area contributed by atoms with Gasteiger partial charge in [0.1, 0.15) is 29.7 Å². The van der Waals surface area contributed by atoms with Crippen molar-refractivity contribution >= 4 is 11.8 Å². The van der Waals surface area contributed by atoms with Crippen molar-refractivity contribution in [2.75, 3.05) is 5.32 Å². The number of nitrogens with one attached hydrogen (secondary N) is 1. The number of carbonyl (C=O) groups excluding carboxylic acids is 1. The Balaban J connectivity index is 1.67. The Morgan fingerprint density at radius 1 is 1.07 bits per heavy atom. The van der Waals surface area contributed by atoms with Gasteiger partial charge in [0.05, 0.1) is 0 Å². The molecule has 0 radical (unpaired) electrons. The molecule has 9 nitrogen and oxygen atoms in total. The molecular formula is C18H20N6O3. The van der Waals surface area contributed by atoms with E-state index in [-0.39, 0.29) is 0 Å². The molecule has 1 N–H and O–H groups in total. The molecule has 0 bridgehead atoms. The average Bonchev–Trinajstić information content (AvgIpc) is 3.01. The summed E-state index contributed by atoms with van der Waals surface area (Å²) < 4.78 is 12.6.